The molecule has 1 saturated heterocycles. The number of carbonyl (C=O) groups is 1. The van der Waals surface area contributed by atoms with Crippen LogP contribution in [0.5, 0.6) is 0 Å². The molecule has 8 heteroatoms. The number of imidazole rings is 1. The summed E-state index contributed by atoms with van der Waals surface area (Å²) in [5, 5.41) is 22.1. The van der Waals surface area contributed by atoms with Crippen LogP contribution in [0.2, 0.25) is 0 Å². The van der Waals surface area contributed by atoms with Crippen LogP contribution in [0.15, 0.2) is 30.7 Å². The number of hydrogen-bond donors (Lipinski definition) is 3. The Labute approximate surface area is 202 Å². The molecule has 0 bridgehead atoms. The number of ether oxygens (including phenoxy) is 1. The minimum absolute atomic E-state index is 0.0637. The highest BCUT2D eigenvalue weighted by Gasteiger charge is 2.55. The van der Waals surface area contributed by atoms with E-state index in [4.69, 9.17) is 4.74 Å². The molecule has 2 fully saturated rings. The highest BCUT2D eigenvalue weighted by atomic mass is 16.5. The number of aromatic nitrogens is 2. The van der Waals surface area contributed by atoms with Crippen LogP contribution in [0.3, 0.4) is 0 Å². The summed E-state index contributed by atoms with van der Waals surface area (Å²) in [6.07, 6.45) is 10.4. The Balaban J connectivity index is 1.20. The zero-order valence-corrected chi connectivity index (χ0v) is 20.2. The molecule has 2 aliphatic carbocycles. The molecule has 1 aromatic heterocycles. The van der Waals surface area contributed by atoms with Gasteiger partial charge >= 0.3 is 7.12 Å². The van der Waals surface area contributed by atoms with Crippen LogP contribution < -0.4 is 10.8 Å². The lowest BCUT2D eigenvalue weighted by molar-refractivity contribution is -0.121. The van der Waals surface area contributed by atoms with Gasteiger partial charge < -0.3 is 24.7 Å². The van der Waals surface area contributed by atoms with E-state index < -0.39 is 7.12 Å². The first-order valence-electron chi connectivity index (χ1n) is 12.7. The highest BCUT2D eigenvalue weighted by molar-refractivity contribution is 6.58. The molecule has 3 unspecified atom stereocenters. The van der Waals surface area contributed by atoms with Crippen LogP contribution in [-0.4, -0.2) is 44.8 Å². The zero-order chi connectivity index (χ0) is 23.9. The molecule has 2 heterocycles. The Bertz CT molecular complexity index is 1040. The molecule has 1 saturated carbocycles. The van der Waals surface area contributed by atoms with E-state index in [0.29, 0.717) is 42.1 Å². The summed E-state index contributed by atoms with van der Waals surface area (Å²) < 4.78 is 8.32. The van der Waals surface area contributed by atoms with E-state index in [9.17, 15) is 14.8 Å². The number of aryl methyl sites for hydroxylation is 2. The first-order chi connectivity index (χ1) is 16.3. The van der Waals surface area contributed by atoms with Gasteiger partial charge in [-0.15, -0.1) is 0 Å². The molecule has 34 heavy (non-hydrogen) atoms. The van der Waals surface area contributed by atoms with Gasteiger partial charge in [0.25, 0.3) is 0 Å². The largest absolute Gasteiger partial charge is 0.488 e. The summed E-state index contributed by atoms with van der Waals surface area (Å²) in [7, 11) is 0.513. The SMILES string of the molecule is Cn1cnc(CNC(=O)CCC[C@H]2CO[C@@]3(C)CCC4c5ccc(B(O)O)cc5CCC4C23)c1. The molecule has 2 aromatic rings. The van der Waals surface area contributed by atoms with Crippen molar-refractivity contribution in [3.8, 4) is 0 Å². The summed E-state index contributed by atoms with van der Waals surface area (Å²) in [6, 6.07) is 5.97. The van der Waals surface area contributed by atoms with Crippen molar-refractivity contribution in [2.75, 3.05) is 6.61 Å². The van der Waals surface area contributed by atoms with Gasteiger partial charge in [0.05, 0.1) is 30.8 Å². The fraction of sp³-hybridized carbons (Fsp3) is 0.615. The smallest absolute Gasteiger partial charge is 0.423 e. The first kappa shape index (κ1) is 23.6. The van der Waals surface area contributed by atoms with Gasteiger partial charge in [0.15, 0.2) is 0 Å². The van der Waals surface area contributed by atoms with Crippen LogP contribution >= 0.6 is 0 Å². The van der Waals surface area contributed by atoms with E-state index in [0.717, 1.165) is 50.8 Å². The summed E-state index contributed by atoms with van der Waals surface area (Å²) >= 11 is 0. The number of nitrogens with one attached hydrogen (secondary N) is 1. The van der Waals surface area contributed by atoms with E-state index in [-0.39, 0.29) is 11.5 Å². The minimum atomic E-state index is -1.41. The predicted octanol–water partition coefficient (Wildman–Crippen LogP) is 2.05. The molecule has 3 N–H and O–H groups in total. The van der Waals surface area contributed by atoms with Crippen LogP contribution in [0.1, 0.15) is 68.2 Å². The van der Waals surface area contributed by atoms with Crippen molar-refractivity contribution in [3.05, 3.63) is 47.5 Å². The van der Waals surface area contributed by atoms with Gasteiger partial charge in [-0.25, -0.2) is 4.98 Å². The van der Waals surface area contributed by atoms with Crippen LogP contribution in [0.4, 0.5) is 0 Å². The average Bonchev–Trinajstić information content (AvgIpc) is 3.39. The Morgan fingerprint density at radius 2 is 2.21 bits per heavy atom. The van der Waals surface area contributed by atoms with E-state index in [1.165, 1.54) is 11.1 Å². The zero-order valence-electron chi connectivity index (χ0n) is 20.2. The molecule has 182 valence electrons. The quantitative estimate of drug-likeness (QED) is 0.544. The standard InChI is InChI=1S/C26H36BN3O4/c1-26-11-10-22-21-9-7-19(27(32)33)12-17(21)6-8-23(22)25(26)18(15-34-26)4-3-5-24(31)28-13-20-14-30(2)16-29-20/h7,9,12,14,16,18,22-23,25,32-33H,3-6,8,10-11,13,15H2,1-2H3,(H,28,31)/t18-,22?,23?,25?,26-/m0/s1. The van der Waals surface area contributed by atoms with Crippen LogP contribution in [0, 0.1) is 17.8 Å². The lowest BCUT2D eigenvalue weighted by Gasteiger charge is -2.49. The first-order valence-corrected chi connectivity index (χ1v) is 12.7. The molecular formula is C26H36BN3O4. The van der Waals surface area contributed by atoms with Crippen molar-refractivity contribution in [1.82, 2.24) is 14.9 Å². The van der Waals surface area contributed by atoms with E-state index in [1.807, 2.05) is 29.9 Å². The molecular weight excluding hydrogens is 429 g/mol. The summed E-state index contributed by atoms with van der Waals surface area (Å²) in [5.74, 6) is 2.18. The number of hydrogen-bond acceptors (Lipinski definition) is 5. The predicted molar refractivity (Wildman–Crippen MR) is 130 cm³/mol. The molecule has 0 spiro atoms. The maximum absolute atomic E-state index is 12.4. The van der Waals surface area contributed by atoms with Crippen molar-refractivity contribution in [1.29, 1.82) is 0 Å². The van der Waals surface area contributed by atoms with E-state index in [1.54, 1.807) is 6.33 Å². The number of nitrogens with zero attached hydrogens (tertiary/aromatic N) is 2. The van der Waals surface area contributed by atoms with Crippen molar-refractivity contribution in [2.45, 2.75) is 69.9 Å². The Morgan fingerprint density at radius 3 is 2.97 bits per heavy atom. The highest BCUT2D eigenvalue weighted by Crippen LogP contribution is 2.58. The summed E-state index contributed by atoms with van der Waals surface area (Å²) in [4.78, 5) is 16.6. The summed E-state index contributed by atoms with van der Waals surface area (Å²) in [6.45, 7) is 3.57. The number of benzene rings is 1. The molecule has 0 radical (unpaired) electrons. The Hall–Kier alpha value is -2.16. The van der Waals surface area contributed by atoms with Gasteiger partial charge in [0.2, 0.25) is 5.91 Å². The monoisotopic (exact) mass is 465 g/mol. The Morgan fingerprint density at radius 1 is 1.35 bits per heavy atom. The molecule has 5 atom stereocenters. The van der Waals surface area contributed by atoms with Gasteiger partial charge in [-0.3, -0.25) is 4.79 Å². The Kier molecular flexibility index (Phi) is 6.57. The maximum Gasteiger partial charge on any atom is 0.488 e. The third-order valence-electron chi connectivity index (χ3n) is 8.59. The fourth-order valence-corrected chi connectivity index (χ4v) is 7.02. The molecule has 7 nitrogen and oxygen atoms in total. The molecule has 1 aliphatic heterocycles. The van der Waals surface area contributed by atoms with E-state index in [2.05, 4.69) is 23.3 Å². The van der Waals surface area contributed by atoms with Crippen molar-refractivity contribution in [3.63, 3.8) is 0 Å². The second kappa shape index (κ2) is 9.48. The second-order valence-electron chi connectivity index (χ2n) is 10.8. The van der Waals surface area contributed by atoms with Gasteiger partial charge in [-0.1, -0.05) is 18.2 Å². The third-order valence-corrected chi connectivity index (χ3v) is 8.59. The van der Waals surface area contributed by atoms with Crippen molar-refractivity contribution in [2.24, 2.45) is 24.8 Å². The molecule has 5 rings (SSSR count). The van der Waals surface area contributed by atoms with Gasteiger partial charge in [-0.2, -0.15) is 0 Å². The molecule has 1 aromatic carbocycles. The second-order valence-corrected chi connectivity index (χ2v) is 10.8. The fourth-order valence-electron chi connectivity index (χ4n) is 7.02. The van der Waals surface area contributed by atoms with Gasteiger partial charge in [0.1, 0.15) is 0 Å². The van der Waals surface area contributed by atoms with E-state index >= 15 is 0 Å². The molecule has 1 amide bonds. The number of rotatable bonds is 7. The number of carbonyl (C=O) groups excluding carboxylic acids is 1. The number of amides is 1. The lowest BCUT2D eigenvalue weighted by Crippen LogP contribution is -2.47. The van der Waals surface area contributed by atoms with Gasteiger partial charge in [-0.05, 0) is 85.7 Å². The normalized spacial score (nSPS) is 29.8. The summed E-state index contributed by atoms with van der Waals surface area (Å²) in [5.41, 5.74) is 4.06. The van der Waals surface area contributed by atoms with Crippen LogP contribution in [-0.2, 0) is 29.5 Å². The molecule has 3 aliphatic rings. The number of fused-ring (bicyclic) bond motifs is 5. The lowest BCUT2D eigenvalue weighted by atomic mass is 9.56. The topological polar surface area (TPSA) is 96.6 Å². The van der Waals surface area contributed by atoms with Crippen LogP contribution in [0.25, 0.3) is 0 Å². The minimum Gasteiger partial charge on any atom is -0.423 e. The van der Waals surface area contributed by atoms with Gasteiger partial charge in [0, 0.05) is 19.7 Å². The maximum atomic E-state index is 12.4. The third kappa shape index (κ3) is 4.55. The van der Waals surface area contributed by atoms with Crippen molar-refractivity contribution < 1.29 is 19.6 Å². The van der Waals surface area contributed by atoms with Crippen molar-refractivity contribution >= 4 is 18.5 Å². The average molecular weight is 465 g/mol.